The number of phenols is 2. The zero-order valence-corrected chi connectivity index (χ0v) is 17.2. The zero-order chi connectivity index (χ0) is 23.0. The molecule has 172 valence electrons. The van der Waals surface area contributed by atoms with Gasteiger partial charge in [-0.15, -0.1) is 0 Å². The molecule has 2 aliphatic heterocycles. The van der Waals surface area contributed by atoms with Crippen molar-refractivity contribution in [2.24, 2.45) is 0 Å². The van der Waals surface area contributed by atoms with E-state index in [0.717, 1.165) is 0 Å². The smallest absolute Gasteiger partial charge is 0.229 e. The number of aliphatic hydroxyl groups is 3. The average Bonchev–Trinajstić information content (AvgIpc) is 2.76. The third-order valence-corrected chi connectivity index (χ3v) is 5.51. The number of carbonyl (C=O) groups excluding carboxylic acids is 1. The van der Waals surface area contributed by atoms with Crippen LogP contribution in [-0.4, -0.2) is 69.6 Å². The molecule has 0 aromatic heterocycles. The topological polar surface area (TPSA) is 155 Å². The number of ketones is 1. The summed E-state index contributed by atoms with van der Waals surface area (Å²) in [5.41, 5.74) is 0.526. The molecule has 4 rings (SSSR count). The van der Waals surface area contributed by atoms with Crippen LogP contribution in [0.5, 0.6) is 28.7 Å². The van der Waals surface area contributed by atoms with E-state index in [0.29, 0.717) is 5.56 Å². The second-order valence-corrected chi connectivity index (χ2v) is 7.70. The first kappa shape index (κ1) is 22.2. The van der Waals surface area contributed by atoms with Crippen LogP contribution in [0.4, 0.5) is 0 Å². The van der Waals surface area contributed by atoms with Crippen LogP contribution in [0.25, 0.3) is 0 Å². The van der Waals surface area contributed by atoms with Gasteiger partial charge < -0.3 is 44.5 Å². The molecule has 0 aliphatic carbocycles. The Morgan fingerprint density at radius 1 is 1.12 bits per heavy atom. The highest BCUT2D eigenvalue weighted by Gasteiger charge is 2.39. The van der Waals surface area contributed by atoms with Crippen LogP contribution in [-0.2, 0) is 4.74 Å². The summed E-state index contributed by atoms with van der Waals surface area (Å²) in [5.74, 6) is -0.474. The van der Waals surface area contributed by atoms with Gasteiger partial charge in [-0.3, -0.25) is 4.79 Å². The van der Waals surface area contributed by atoms with Gasteiger partial charge in [-0.1, -0.05) is 6.07 Å². The number of aliphatic hydroxyl groups excluding tert-OH is 3. The predicted octanol–water partition coefficient (Wildman–Crippen LogP) is 1.02. The van der Waals surface area contributed by atoms with E-state index >= 15 is 0 Å². The van der Waals surface area contributed by atoms with E-state index in [2.05, 4.69) is 0 Å². The first-order chi connectivity index (χ1) is 15.3. The number of hydrogen-bond donors (Lipinski definition) is 5. The number of methoxy groups -OCH3 is 1. The first-order valence-corrected chi connectivity index (χ1v) is 10.0. The first-order valence-electron chi connectivity index (χ1n) is 10.0. The number of rotatable bonds is 5. The Labute approximate surface area is 183 Å². The minimum Gasteiger partial charge on any atom is -0.507 e. The Kier molecular flexibility index (Phi) is 6.11. The fourth-order valence-electron chi connectivity index (χ4n) is 3.84. The van der Waals surface area contributed by atoms with Gasteiger partial charge in [-0.2, -0.15) is 0 Å². The Morgan fingerprint density at radius 3 is 2.59 bits per heavy atom. The fraction of sp³-hybridized carbons (Fsp3) is 0.409. The van der Waals surface area contributed by atoms with Crippen LogP contribution < -0.4 is 14.2 Å². The fourth-order valence-corrected chi connectivity index (χ4v) is 3.84. The quantitative estimate of drug-likeness (QED) is 0.448. The van der Waals surface area contributed by atoms with E-state index < -0.39 is 30.7 Å². The van der Waals surface area contributed by atoms with Crippen molar-refractivity contribution < 1.29 is 49.3 Å². The number of ether oxygens (including phenoxy) is 4. The zero-order valence-electron chi connectivity index (χ0n) is 17.2. The Bertz CT molecular complexity index is 1010. The maximum atomic E-state index is 12.7. The van der Waals surface area contributed by atoms with Crippen LogP contribution in [0, 0.1) is 0 Å². The van der Waals surface area contributed by atoms with E-state index in [1.165, 1.54) is 25.3 Å². The van der Waals surface area contributed by atoms with E-state index in [4.69, 9.17) is 18.9 Å². The predicted molar refractivity (Wildman–Crippen MR) is 108 cm³/mol. The molecule has 10 heteroatoms. The third kappa shape index (κ3) is 4.17. The van der Waals surface area contributed by atoms with Gasteiger partial charge in [-0.25, -0.2) is 0 Å². The molecule has 2 aromatic carbocycles. The highest BCUT2D eigenvalue weighted by atomic mass is 16.7. The average molecular weight is 448 g/mol. The third-order valence-electron chi connectivity index (χ3n) is 5.51. The summed E-state index contributed by atoms with van der Waals surface area (Å²) in [6.45, 7) is -0.368. The Morgan fingerprint density at radius 2 is 1.91 bits per heavy atom. The van der Waals surface area contributed by atoms with E-state index in [1.54, 1.807) is 12.1 Å². The molecule has 0 bridgehead atoms. The summed E-state index contributed by atoms with van der Waals surface area (Å²) >= 11 is 0. The molecule has 10 nitrogen and oxygen atoms in total. The van der Waals surface area contributed by atoms with Gasteiger partial charge in [0.25, 0.3) is 0 Å². The molecule has 2 aromatic rings. The lowest BCUT2D eigenvalue weighted by Gasteiger charge is -2.36. The van der Waals surface area contributed by atoms with Gasteiger partial charge in [0.2, 0.25) is 6.29 Å². The minimum absolute atomic E-state index is 0.00952. The number of hydrogen-bond acceptors (Lipinski definition) is 10. The summed E-state index contributed by atoms with van der Waals surface area (Å²) in [6, 6.07) is 7.20. The SMILES string of the molecule is COc1ccc([C@H]2CC(=O)c3c(O)cc(O[C@H]4O[C@@H](CO)C[C@@H](O)[C@H]4O)cc3O2)cc1O. The van der Waals surface area contributed by atoms with Crippen molar-refractivity contribution in [1.82, 2.24) is 0 Å². The number of benzene rings is 2. The number of carbonyl (C=O) groups is 1. The summed E-state index contributed by atoms with van der Waals surface area (Å²) in [4.78, 5) is 12.7. The minimum atomic E-state index is -1.38. The molecule has 0 saturated carbocycles. The lowest BCUT2D eigenvalue weighted by atomic mass is 9.95. The number of fused-ring (bicyclic) bond motifs is 1. The van der Waals surface area contributed by atoms with E-state index in [9.17, 15) is 30.3 Å². The van der Waals surface area contributed by atoms with Gasteiger partial charge in [0.15, 0.2) is 17.3 Å². The Hall–Kier alpha value is -3.05. The maximum absolute atomic E-state index is 12.7. The van der Waals surface area contributed by atoms with Crippen LogP contribution in [0.2, 0.25) is 0 Å². The summed E-state index contributed by atoms with van der Waals surface area (Å²) in [5, 5.41) is 49.9. The van der Waals surface area contributed by atoms with Crippen molar-refractivity contribution in [2.45, 2.75) is 43.5 Å². The van der Waals surface area contributed by atoms with Crippen LogP contribution in [0.1, 0.15) is 34.9 Å². The van der Waals surface area contributed by atoms with Crippen molar-refractivity contribution in [3.05, 3.63) is 41.5 Å². The standard InChI is InChI=1S/C22H24O10/c1-29-17-3-2-10(4-13(17)24)18-8-15(26)20-14(25)5-11(7-19(20)32-18)30-22-21(28)16(27)6-12(9-23)31-22/h2-5,7,12,16,18,21-25,27-28H,6,8-9H2,1H3/t12-,16-,18-,21-,22+/m1/s1. The highest BCUT2D eigenvalue weighted by molar-refractivity contribution is 6.02. The highest BCUT2D eigenvalue weighted by Crippen LogP contribution is 2.43. The van der Waals surface area contributed by atoms with Crippen molar-refractivity contribution >= 4 is 5.78 Å². The van der Waals surface area contributed by atoms with Gasteiger partial charge >= 0.3 is 0 Å². The Balaban J connectivity index is 1.60. The normalized spacial score (nSPS) is 27.4. The van der Waals surface area contributed by atoms with Crippen molar-refractivity contribution in [3.8, 4) is 28.7 Å². The molecular formula is C22H24O10. The number of aromatic hydroxyl groups is 2. The molecule has 2 heterocycles. The largest absolute Gasteiger partial charge is 0.507 e. The molecule has 0 unspecified atom stereocenters. The molecule has 0 radical (unpaired) electrons. The van der Waals surface area contributed by atoms with Gasteiger partial charge in [0.1, 0.15) is 35.0 Å². The summed E-state index contributed by atoms with van der Waals surface area (Å²) in [6.07, 6.45) is -5.31. The second-order valence-electron chi connectivity index (χ2n) is 7.70. The molecular weight excluding hydrogens is 424 g/mol. The van der Waals surface area contributed by atoms with Crippen molar-refractivity contribution in [3.63, 3.8) is 0 Å². The molecule has 5 atom stereocenters. The number of phenolic OH excluding ortho intramolecular Hbond substituents is 2. The molecule has 1 fully saturated rings. The lowest BCUT2D eigenvalue weighted by Crippen LogP contribution is -2.51. The van der Waals surface area contributed by atoms with Gasteiger partial charge in [0, 0.05) is 18.6 Å². The van der Waals surface area contributed by atoms with Crippen LogP contribution in [0.15, 0.2) is 30.3 Å². The molecule has 1 saturated heterocycles. The van der Waals surface area contributed by atoms with Gasteiger partial charge in [0.05, 0.1) is 32.3 Å². The van der Waals surface area contributed by atoms with Crippen LogP contribution in [0.3, 0.4) is 0 Å². The monoisotopic (exact) mass is 448 g/mol. The molecule has 32 heavy (non-hydrogen) atoms. The van der Waals surface area contributed by atoms with E-state index in [-0.39, 0.29) is 59.5 Å². The molecule has 5 N–H and O–H groups in total. The molecule has 2 aliphatic rings. The summed E-state index contributed by atoms with van der Waals surface area (Å²) < 4.78 is 22.0. The lowest BCUT2D eigenvalue weighted by molar-refractivity contribution is -0.240. The molecule has 0 amide bonds. The maximum Gasteiger partial charge on any atom is 0.229 e. The van der Waals surface area contributed by atoms with Crippen molar-refractivity contribution in [2.75, 3.05) is 13.7 Å². The van der Waals surface area contributed by atoms with Crippen LogP contribution >= 0.6 is 0 Å². The number of Topliss-reactive ketones (excluding diaryl/α,β-unsaturated/α-hetero) is 1. The summed E-state index contributed by atoms with van der Waals surface area (Å²) in [7, 11) is 1.42. The second kappa shape index (κ2) is 8.83. The molecule has 0 spiro atoms. The van der Waals surface area contributed by atoms with Gasteiger partial charge in [-0.05, 0) is 17.7 Å². The van der Waals surface area contributed by atoms with E-state index in [1.807, 2.05) is 0 Å². The van der Waals surface area contributed by atoms with Crippen molar-refractivity contribution in [1.29, 1.82) is 0 Å².